The van der Waals surface area contributed by atoms with Crippen molar-refractivity contribution in [2.75, 3.05) is 12.4 Å². The number of hydrogen-bond acceptors (Lipinski definition) is 3. The van der Waals surface area contributed by atoms with Crippen LogP contribution in [0.4, 0.5) is 0 Å². The van der Waals surface area contributed by atoms with Crippen molar-refractivity contribution < 1.29 is 4.74 Å². The van der Waals surface area contributed by atoms with Crippen LogP contribution in [0, 0.1) is 16.7 Å². The van der Waals surface area contributed by atoms with Crippen LogP contribution in [0.1, 0.15) is 37.7 Å². The molecular weight excluding hydrogens is 242 g/mol. The second-order valence-electron chi connectivity index (χ2n) is 5.15. The second kappa shape index (κ2) is 6.15. The van der Waals surface area contributed by atoms with E-state index in [0.717, 1.165) is 11.5 Å². The first-order chi connectivity index (χ1) is 8.78. The van der Waals surface area contributed by atoms with E-state index in [-0.39, 0.29) is 5.41 Å². The van der Waals surface area contributed by atoms with Gasteiger partial charge in [0.05, 0.1) is 18.2 Å². The standard InChI is InChI=1S/C15H19NOS/c16-10-13-5-4-6-14(9-13)17-11-15(12-18)7-2-1-3-8-15/h4-6,9,18H,1-3,7-8,11-12H2. The van der Waals surface area contributed by atoms with Crippen LogP contribution in [-0.4, -0.2) is 12.4 Å². The van der Waals surface area contributed by atoms with Crippen LogP contribution in [0.3, 0.4) is 0 Å². The molecule has 1 aliphatic carbocycles. The lowest BCUT2D eigenvalue weighted by molar-refractivity contribution is 0.121. The van der Waals surface area contributed by atoms with E-state index in [1.54, 1.807) is 12.1 Å². The van der Waals surface area contributed by atoms with Crippen molar-refractivity contribution in [3.05, 3.63) is 29.8 Å². The summed E-state index contributed by atoms with van der Waals surface area (Å²) in [6.45, 7) is 0.714. The number of ether oxygens (including phenoxy) is 1. The SMILES string of the molecule is N#Cc1cccc(OCC2(CS)CCCCC2)c1. The van der Waals surface area contributed by atoms with E-state index in [1.807, 2.05) is 12.1 Å². The van der Waals surface area contributed by atoms with Gasteiger partial charge in [-0.3, -0.25) is 0 Å². The maximum absolute atomic E-state index is 8.86. The molecule has 1 fully saturated rings. The van der Waals surface area contributed by atoms with Crippen LogP contribution < -0.4 is 4.74 Å². The molecule has 0 aliphatic heterocycles. The molecule has 1 aliphatic rings. The molecule has 2 nitrogen and oxygen atoms in total. The highest BCUT2D eigenvalue weighted by molar-refractivity contribution is 7.80. The lowest BCUT2D eigenvalue weighted by Crippen LogP contribution is -2.32. The second-order valence-corrected chi connectivity index (χ2v) is 5.46. The third kappa shape index (κ3) is 3.20. The molecule has 0 bridgehead atoms. The molecule has 0 unspecified atom stereocenters. The third-order valence-electron chi connectivity index (χ3n) is 3.76. The number of benzene rings is 1. The van der Waals surface area contributed by atoms with E-state index in [0.29, 0.717) is 12.2 Å². The highest BCUT2D eigenvalue weighted by atomic mass is 32.1. The van der Waals surface area contributed by atoms with Crippen molar-refractivity contribution in [1.82, 2.24) is 0 Å². The predicted molar refractivity (Wildman–Crippen MR) is 76.0 cm³/mol. The Morgan fingerprint density at radius 2 is 2.06 bits per heavy atom. The summed E-state index contributed by atoms with van der Waals surface area (Å²) in [6, 6.07) is 9.50. The average molecular weight is 261 g/mol. The van der Waals surface area contributed by atoms with Crippen LogP contribution in [0.15, 0.2) is 24.3 Å². The van der Waals surface area contributed by atoms with E-state index in [4.69, 9.17) is 10.00 Å². The molecular formula is C15H19NOS. The molecule has 0 amide bonds. The Hall–Kier alpha value is -1.14. The minimum Gasteiger partial charge on any atom is -0.493 e. The number of thiol groups is 1. The molecule has 0 atom stereocenters. The highest BCUT2D eigenvalue weighted by Gasteiger charge is 2.31. The fourth-order valence-corrected chi connectivity index (χ4v) is 2.95. The number of nitriles is 1. The van der Waals surface area contributed by atoms with Crippen molar-refractivity contribution in [1.29, 1.82) is 5.26 Å². The average Bonchev–Trinajstić information content (AvgIpc) is 2.46. The van der Waals surface area contributed by atoms with Gasteiger partial charge in [0, 0.05) is 5.41 Å². The Morgan fingerprint density at radius 1 is 1.28 bits per heavy atom. The first-order valence-corrected chi connectivity index (χ1v) is 7.15. The van der Waals surface area contributed by atoms with Crippen molar-refractivity contribution in [3.63, 3.8) is 0 Å². The molecule has 0 aromatic heterocycles. The van der Waals surface area contributed by atoms with Crippen LogP contribution >= 0.6 is 12.6 Å². The zero-order valence-electron chi connectivity index (χ0n) is 10.6. The summed E-state index contributed by atoms with van der Waals surface area (Å²) >= 11 is 4.50. The van der Waals surface area contributed by atoms with E-state index in [2.05, 4.69) is 18.7 Å². The molecule has 0 N–H and O–H groups in total. The molecule has 1 aromatic rings. The Morgan fingerprint density at radius 3 is 2.72 bits per heavy atom. The first kappa shape index (κ1) is 13.3. The first-order valence-electron chi connectivity index (χ1n) is 6.52. The zero-order chi connectivity index (χ0) is 12.8. The summed E-state index contributed by atoms with van der Waals surface area (Å²) < 4.78 is 5.88. The Labute approximate surface area is 114 Å². The molecule has 0 radical (unpaired) electrons. The van der Waals surface area contributed by atoms with E-state index in [9.17, 15) is 0 Å². The van der Waals surface area contributed by atoms with Crippen LogP contribution in [0.2, 0.25) is 0 Å². The molecule has 1 aromatic carbocycles. The van der Waals surface area contributed by atoms with Gasteiger partial charge in [-0.05, 0) is 36.8 Å². The molecule has 3 heteroatoms. The largest absolute Gasteiger partial charge is 0.493 e. The minimum absolute atomic E-state index is 0.226. The molecule has 96 valence electrons. The summed E-state index contributed by atoms with van der Waals surface area (Å²) in [5.41, 5.74) is 0.875. The van der Waals surface area contributed by atoms with Gasteiger partial charge in [0.1, 0.15) is 5.75 Å². The molecule has 0 spiro atoms. The van der Waals surface area contributed by atoms with E-state index >= 15 is 0 Å². The smallest absolute Gasteiger partial charge is 0.120 e. The number of hydrogen-bond donors (Lipinski definition) is 1. The van der Waals surface area contributed by atoms with Crippen molar-refractivity contribution in [2.24, 2.45) is 5.41 Å². The lowest BCUT2D eigenvalue weighted by Gasteiger charge is -2.35. The monoisotopic (exact) mass is 261 g/mol. The summed E-state index contributed by atoms with van der Waals surface area (Å²) in [7, 11) is 0. The maximum Gasteiger partial charge on any atom is 0.120 e. The predicted octanol–water partition coefficient (Wildman–Crippen LogP) is 3.82. The zero-order valence-corrected chi connectivity index (χ0v) is 11.5. The Bertz CT molecular complexity index is 432. The molecule has 0 heterocycles. The van der Waals surface area contributed by atoms with Gasteiger partial charge < -0.3 is 4.74 Å². The molecule has 18 heavy (non-hydrogen) atoms. The lowest BCUT2D eigenvalue weighted by atomic mass is 9.76. The maximum atomic E-state index is 8.86. The molecule has 1 saturated carbocycles. The summed E-state index contributed by atoms with van der Waals surface area (Å²) in [4.78, 5) is 0. The number of rotatable bonds is 4. The quantitative estimate of drug-likeness (QED) is 0.836. The summed E-state index contributed by atoms with van der Waals surface area (Å²) in [5.74, 6) is 1.67. The van der Waals surface area contributed by atoms with Crippen molar-refractivity contribution in [3.8, 4) is 11.8 Å². The highest BCUT2D eigenvalue weighted by Crippen LogP contribution is 2.37. The number of nitrogens with zero attached hydrogens (tertiary/aromatic N) is 1. The van der Waals surface area contributed by atoms with E-state index in [1.165, 1.54) is 32.1 Å². The third-order valence-corrected chi connectivity index (χ3v) is 4.43. The van der Waals surface area contributed by atoms with Gasteiger partial charge in [-0.2, -0.15) is 17.9 Å². The Kier molecular flexibility index (Phi) is 4.54. The van der Waals surface area contributed by atoms with Gasteiger partial charge in [-0.15, -0.1) is 0 Å². The summed E-state index contributed by atoms with van der Waals surface area (Å²) in [6.07, 6.45) is 6.30. The fourth-order valence-electron chi connectivity index (χ4n) is 2.54. The van der Waals surface area contributed by atoms with Gasteiger partial charge in [0.15, 0.2) is 0 Å². The van der Waals surface area contributed by atoms with Crippen LogP contribution in [0.25, 0.3) is 0 Å². The topological polar surface area (TPSA) is 33.0 Å². The van der Waals surface area contributed by atoms with Gasteiger partial charge in [-0.25, -0.2) is 0 Å². The van der Waals surface area contributed by atoms with Gasteiger partial charge in [-0.1, -0.05) is 25.3 Å². The fraction of sp³-hybridized carbons (Fsp3) is 0.533. The van der Waals surface area contributed by atoms with Gasteiger partial charge in [0.2, 0.25) is 0 Å². The van der Waals surface area contributed by atoms with Crippen molar-refractivity contribution in [2.45, 2.75) is 32.1 Å². The molecule has 2 rings (SSSR count). The van der Waals surface area contributed by atoms with Crippen LogP contribution in [0.5, 0.6) is 5.75 Å². The summed E-state index contributed by atoms with van der Waals surface area (Å²) in [5, 5.41) is 8.86. The minimum atomic E-state index is 0.226. The molecule has 0 saturated heterocycles. The normalized spacial score (nSPS) is 18.0. The van der Waals surface area contributed by atoms with Gasteiger partial charge in [0.25, 0.3) is 0 Å². The van der Waals surface area contributed by atoms with E-state index < -0.39 is 0 Å². The van der Waals surface area contributed by atoms with Gasteiger partial charge >= 0.3 is 0 Å². The van der Waals surface area contributed by atoms with Crippen LogP contribution in [-0.2, 0) is 0 Å². The van der Waals surface area contributed by atoms with Crippen molar-refractivity contribution >= 4 is 12.6 Å². The Balaban J connectivity index is 1.99.